The first-order valence-electron chi connectivity index (χ1n) is 22.6. The van der Waals surface area contributed by atoms with Gasteiger partial charge in [0.25, 0.3) is 0 Å². The molecule has 0 heterocycles. The summed E-state index contributed by atoms with van der Waals surface area (Å²) in [5.74, 6) is -2.85. The number of phenolic OH excluding ortho intramolecular Hbond substituents is 1. The number of carbonyl (C=O) groups excluding carboxylic acids is 7. The Kier molecular flexibility index (Phi) is 19.4. The van der Waals surface area contributed by atoms with Crippen LogP contribution in [0.3, 0.4) is 0 Å². The molecule has 0 radical (unpaired) electrons. The zero-order valence-corrected chi connectivity index (χ0v) is 35.3. The van der Waals surface area contributed by atoms with Gasteiger partial charge in [-0.15, -0.1) is 0 Å². The van der Waals surface area contributed by atoms with Gasteiger partial charge in [-0.1, -0.05) is 31.4 Å². The molecule has 3 aliphatic carbocycles. The third-order valence-electron chi connectivity index (χ3n) is 13.9. The Morgan fingerprint density at radius 2 is 1.02 bits per heavy atom. The van der Waals surface area contributed by atoms with Gasteiger partial charge in [0.1, 0.15) is 40.4 Å². The topological polar surface area (TPSA) is 221 Å². The Hall–Kier alpha value is -3.57. The monoisotopic (exact) mass is 808 g/mol. The van der Waals surface area contributed by atoms with Gasteiger partial charge in [-0.05, 0) is 126 Å². The van der Waals surface area contributed by atoms with E-state index >= 15 is 0 Å². The van der Waals surface area contributed by atoms with Gasteiger partial charge < -0.3 is 27.1 Å². The van der Waals surface area contributed by atoms with Crippen molar-refractivity contribution in [3.63, 3.8) is 0 Å². The molecular weight excluding hydrogens is 735 g/mol. The number of carbonyl (C=O) groups is 7. The summed E-state index contributed by atoms with van der Waals surface area (Å²) in [4.78, 5) is 93.9. The molecule has 3 fully saturated rings. The van der Waals surface area contributed by atoms with Gasteiger partial charge >= 0.3 is 0 Å². The number of unbranched alkanes of at least 4 members (excludes halogenated alkanes) is 2. The first kappa shape index (κ1) is 47.1. The van der Waals surface area contributed by atoms with E-state index in [1.807, 2.05) is 0 Å². The summed E-state index contributed by atoms with van der Waals surface area (Å²) in [7, 11) is 0. The van der Waals surface area contributed by atoms with Gasteiger partial charge in [-0.3, -0.25) is 28.8 Å². The largest absolute Gasteiger partial charge is 0.508 e. The molecule has 11 nitrogen and oxygen atoms in total. The van der Waals surface area contributed by atoms with Crippen LogP contribution in [0.2, 0.25) is 0 Å². The molecule has 1 aromatic carbocycles. The number of benzene rings is 1. The van der Waals surface area contributed by atoms with Crippen molar-refractivity contribution in [1.82, 2.24) is 0 Å². The van der Waals surface area contributed by atoms with E-state index in [4.69, 9.17) is 5.73 Å². The number of nitrogens with two attached hydrogens (primary N) is 1. The zero-order chi connectivity index (χ0) is 42.2. The number of hydrogen-bond acceptors (Lipinski definition) is 8. The van der Waals surface area contributed by atoms with Crippen molar-refractivity contribution in [3.8, 4) is 5.75 Å². The molecule has 4 rings (SSSR count). The lowest BCUT2D eigenvalue weighted by Crippen LogP contribution is -2.50. The van der Waals surface area contributed by atoms with Gasteiger partial charge in [0, 0.05) is 74.0 Å². The molecule has 0 aliphatic heterocycles. The highest BCUT2D eigenvalue weighted by molar-refractivity contribution is 5.93. The molecule has 6 unspecified atom stereocenters. The minimum Gasteiger partial charge on any atom is -0.508 e. The summed E-state index contributed by atoms with van der Waals surface area (Å²) in [6.07, 6.45) is 13.0. The SMILES string of the molecule is CC(=O)CC1CCCC1C(=O)C[C@H](CCCC[NH3+])C(=O)CC1CCCC1C(=O)C[C@H](Cc1ccc(O)cc1)C(=O)CC1CCCC1C(=O)C[C@H](CCCC[NH3+])C(N)=O. The summed E-state index contributed by atoms with van der Waals surface area (Å²) < 4.78 is 0. The highest BCUT2D eigenvalue weighted by Crippen LogP contribution is 2.41. The minimum absolute atomic E-state index is 0.0103. The van der Waals surface area contributed by atoms with Gasteiger partial charge in [-0.2, -0.15) is 0 Å². The average Bonchev–Trinajstić information content (AvgIpc) is 3.96. The lowest BCUT2D eigenvalue weighted by Gasteiger charge is -2.25. The molecule has 1 amide bonds. The number of aromatic hydroxyl groups is 1. The van der Waals surface area contributed by atoms with Gasteiger partial charge in [-0.25, -0.2) is 0 Å². The first-order valence-corrected chi connectivity index (χ1v) is 22.6. The first-order chi connectivity index (χ1) is 27.8. The number of ketones is 6. The Balaban J connectivity index is 1.44. The number of rotatable bonds is 28. The fraction of sp³-hybridized carbons (Fsp3) is 0.723. The van der Waals surface area contributed by atoms with E-state index in [9.17, 15) is 38.7 Å². The van der Waals surface area contributed by atoms with Crippen LogP contribution in [0.1, 0.15) is 147 Å². The molecule has 9 N–H and O–H groups in total. The minimum atomic E-state index is -0.617. The molecular formula is C47H73N3O8+2. The number of quaternary nitrogens is 2. The Morgan fingerprint density at radius 1 is 0.603 bits per heavy atom. The number of amides is 1. The van der Waals surface area contributed by atoms with E-state index in [0.29, 0.717) is 38.5 Å². The van der Waals surface area contributed by atoms with Crippen LogP contribution in [0.5, 0.6) is 5.75 Å². The fourth-order valence-electron chi connectivity index (χ4n) is 10.6. The number of primary amides is 1. The Labute approximate surface area is 345 Å². The number of phenols is 1. The lowest BCUT2D eigenvalue weighted by molar-refractivity contribution is -0.369. The standard InChI is InChI=1S/C47H71N3O8/c1-30(51)23-32-11-6-14-39(32)44(55)27-35(9-2-4-21-48)42(53)25-33-12-7-16-41(33)46(57)29-37(24-31-17-19-38(52)20-18-31)43(54)26-34-13-8-15-40(34)45(56)28-36(47(50)58)10-3-5-22-49/h17-20,32-37,39-41,52H,2-16,21-29,48-49H2,1H3,(H2,50,58)/p+2/t32?,33?,34?,35-,36-,37-,39?,40?,41?/m0/s1. The quantitative estimate of drug-likeness (QED) is 0.0831. The second-order valence-corrected chi connectivity index (χ2v) is 18.2. The van der Waals surface area contributed by atoms with E-state index in [0.717, 1.165) is 89.3 Å². The van der Waals surface area contributed by atoms with Crippen molar-refractivity contribution in [1.29, 1.82) is 0 Å². The van der Waals surface area contributed by atoms with Gasteiger partial charge in [0.05, 0.1) is 13.1 Å². The molecule has 0 saturated heterocycles. The molecule has 58 heavy (non-hydrogen) atoms. The van der Waals surface area contributed by atoms with Crippen LogP contribution in [-0.4, -0.2) is 58.8 Å². The molecule has 1 aromatic rings. The molecule has 0 bridgehead atoms. The maximum absolute atomic E-state index is 14.3. The Morgan fingerprint density at radius 3 is 1.47 bits per heavy atom. The van der Waals surface area contributed by atoms with Crippen molar-refractivity contribution >= 4 is 40.6 Å². The third-order valence-corrected chi connectivity index (χ3v) is 13.9. The van der Waals surface area contributed by atoms with Crippen molar-refractivity contribution in [3.05, 3.63) is 29.8 Å². The Bertz CT molecular complexity index is 1560. The summed E-state index contributed by atoms with van der Waals surface area (Å²) in [6, 6.07) is 6.68. The van der Waals surface area contributed by atoms with E-state index in [-0.39, 0.29) is 108 Å². The molecule has 0 aromatic heterocycles. The van der Waals surface area contributed by atoms with Gasteiger partial charge in [0.2, 0.25) is 5.91 Å². The van der Waals surface area contributed by atoms with E-state index in [2.05, 4.69) is 11.5 Å². The molecule has 3 aliphatic rings. The van der Waals surface area contributed by atoms with E-state index < -0.39 is 23.7 Å². The second-order valence-electron chi connectivity index (χ2n) is 18.2. The predicted octanol–water partition coefficient (Wildman–Crippen LogP) is 5.12. The van der Waals surface area contributed by atoms with Crippen LogP contribution < -0.4 is 17.2 Å². The summed E-state index contributed by atoms with van der Waals surface area (Å²) in [5, 5.41) is 9.92. The van der Waals surface area contributed by atoms with Crippen LogP contribution in [0, 0.1) is 53.3 Å². The molecule has 11 heteroatoms. The molecule has 9 atom stereocenters. The number of Topliss-reactive ketones (excluding diaryl/α,β-unsaturated/α-hetero) is 6. The predicted molar refractivity (Wildman–Crippen MR) is 221 cm³/mol. The maximum Gasteiger partial charge on any atom is 0.220 e. The maximum atomic E-state index is 14.3. The van der Waals surface area contributed by atoms with Gasteiger partial charge in [0.15, 0.2) is 0 Å². The smallest absolute Gasteiger partial charge is 0.220 e. The van der Waals surface area contributed by atoms with Crippen molar-refractivity contribution in [2.45, 2.75) is 148 Å². The highest BCUT2D eigenvalue weighted by atomic mass is 16.3. The van der Waals surface area contributed by atoms with Crippen LogP contribution in [-0.2, 0) is 40.0 Å². The van der Waals surface area contributed by atoms with Crippen LogP contribution in [0.4, 0.5) is 0 Å². The number of hydrogen-bond donors (Lipinski definition) is 4. The van der Waals surface area contributed by atoms with Crippen LogP contribution >= 0.6 is 0 Å². The van der Waals surface area contributed by atoms with E-state index in [1.54, 1.807) is 31.2 Å². The molecule has 322 valence electrons. The highest BCUT2D eigenvalue weighted by Gasteiger charge is 2.41. The van der Waals surface area contributed by atoms with Crippen LogP contribution in [0.15, 0.2) is 24.3 Å². The third kappa shape index (κ3) is 14.3. The van der Waals surface area contributed by atoms with Crippen molar-refractivity contribution < 1.29 is 50.1 Å². The summed E-state index contributed by atoms with van der Waals surface area (Å²) in [6.45, 7) is 3.08. The fourth-order valence-corrected chi connectivity index (χ4v) is 10.6. The lowest BCUT2D eigenvalue weighted by atomic mass is 9.77. The van der Waals surface area contributed by atoms with E-state index in [1.165, 1.54) is 0 Å². The average molecular weight is 808 g/mol. The molecule has 0 spiro atoms. The summed E-state index contributed by atoms with van der Waals surface area (Å²) >= 11 is 0. The summed E-state index contributed by atoms with van der Waals surface area (Å²) in [5.41, 5.74) is 14.3. The molecule has 3 saturated carbocycles. The normalized spacial score (nSPS) is 24.6. The van der Waals surface area contributed by atoms with Crippen LogP contribution in [0.25, 0.3) is 0 Å². The van der Waals surface area contributed by atoms with Crippen molar-refractivity contribution in [2.75, 3.05) is 13.1 Å². The second kappa shape index (κ2) is 23.9. The van der Waals surface area contributed by atoms with Crippen molar-refractivity contribution in [2.24, 2.45) is 59.0 Å². The zero-order valence-electron chi connectivity index (χ0n) is 35.3.